The second-order valence-corrected chi connectivity index (χ2v) is 5.59. The van der Waals surface area contributed by atoms with Crippen molar-refractivity contribution in [3.63, 3.8) is 0 Å². The van der Waals surface area contributed by atoms with E-state index in [-0.39, 0.29) is 6.10 Å². The summed E-state index contributed by atoms with van der Waals surface area (Å²) in [6.45, 7) is 3.80. The lowest BCUT2D eigenvalue weighted by atomic mass is 10.2. The number of hydrogen-bond acceptors (Lipinski definition) is 7. The van der Waals surface area contributed by atoms with Gasteiger partial charge < -0.3 is 14.0 Å². The summed E-state index contributed by atoms with van der Waals surface area (Å²) in [6, 6.07) is 5.16. The Morgan fingerprint density at radius 2 is 2.00 bits per heavy atom. The normalized spacial score (nSPS) is 10.9. The van der Waals surface area contributed by atoms with E-state index in [1.54, 1.807) is 37.7 Å². The molecule has 24 heavy (non-hydrogen) atoms. The zero-order chi connectivity index (χ0) is 17.1. The summed E-state index contributed by atoms with van der Waals surface area (Å²) in [7, 11) is 1.54. The highest BCUT2D eigenvalue weighted by molar-refractivity contribution is 6.32. The van der Waals surface area contributed by atoms with Crippen LogP contribution in [0.3, 0.4) is 0 Å². The van der Waals surface area contributed by atoms with Crippen LogP contribution in [-0.4, -0.2) is 33.3 Å². The largest absolute Gasteiger partial charge is 0.481 e. The third-order valence-corrected chi connectivity index (χ3v) is 3.30. The van der Waals surface area contributed by atoms with Crippen molar-refractivity contribution in [2.45, 2.75) is 20.0 Å². The maximum Gasteiger partial charge on any atom is 0.259 e. The van der Waals surface area contributed by atoms with E-state index in [1.807, 2.05) is 13.8 Å². The average Bonchev–Trinajstić information content (AvgIpc) is 3.06. The van der Waals surface area contributed by atoms with Gasteiger partial charge in [0.15, 0.2) is 0 Å². The summed E-state index contributed by atoms with van der Waals surface area (Å²) < 4.78 is 15.9. The van der Waals surface area contributed by atoms with Gasteiger partial charge in [0.1, 0.15) is 5.02 Å². The summed E-state index contributed by atoms with van der Waals surface area (Å²) in [5.74, 6) is 1.57. The van der Waals surface area contributed by atoms with E-state index in [1.165, 1.54) is 0 Å². The Morgan fingerprint density at radius 1 is 1.17 bits per heavy atom. The lowest BCUT2D eigenvalue weighted by Crippen LogP contribution is -2.07. The van der Waals surface area contributed by atoms with E-state index in [0.717, 1.165) is 5.56 Å². The van der Waals surface area contributed by atoms with E-state index < -0.39 is 0 Å². The van der Waals surface area contributed by atoms with Gasteiger partial charge in [0.2, 0.25) is 17.6 Å². The molecule has 0 spiro atoms. The second-order valence-electron chi connectivity index (χ2n) is 5.19. The molecule has 124 valence electrons. The first kappa shape index (κ1) is 16.2. The molecule has 3 aromatic heterocycles. The minimum Gasteiger partial charge on any atom is -0.481 e. The van der Waals surface area contributed by atoms with Gasteiger partial charge in [-0.1, -0.05) is 16.8 Å². The maximum absolute atomic E-state index is 6.18. The lowest BCUT2D eigenvalue weighted by Gasteiger charge is -2.09. The van der Waals surface area contributed by atoms with Gasteiger partial charge in [0.05, 0.1) is 18.8 Å². The molecule has 0 unspecified atom stereocenters. The van der Waals surface area contributed by atoms with E-state index in [2.05, 4.69) is 20.1 Å². The fourth-order valence-electron chi connectivity index (χ4n) is 1.97. The molecule has 0 saturated carbocycles. The van der Waals surface area contributed by atoms with Gasteiger partial charge in [0.25, 0.3) is 5.89 Å². The van der Waals surface area contributed by atoms with Crippen molar-refractivity contribution in [2.75, 3.05) is 7.11 Å². The highest BCUT2D eigenvalue weighted by Crippen LogP contribution is 2.29. The molecule has 0 aliphatic heterocycles. The van der Waals surface area contributed by atoms with Crippen LogP contribution < -0.4 is 9.47 Å². The predicted molar refractivity (Wildman–Crippen MR) is 88.1 cm³/mol. The van der Waals surface area contributed by atoms with Crippen molar-refractivity contribution in [2.24, 2.45) is 0 Å². The van der Waals surface area contributed by atoms with Crippen molar-refractivity contribution in [3.8, 4) is 34.6 Å². The molecule has 0 bridgehead atoms. The molecule has 0 aromatic carbocycles. The molecule has 3 aromatic rings. The molecule has 0 N–H and O–H groups in total. The van der Waals surface area contributed by atoms with Gasteiger partial charge in [-0.2, -0.15) is 4.98 Å². The average molecular weight is 347 g/mol. The van der Waals surface area contributed by atoms with Gasteiger partial charge in [-0.05, 0) is 26.0 Å². The fourth-order valence-corrected chi connectivity index (χ4v) is 2.18. The smallest absolute Gasteiger partial charge is 0.259 e. The van der Waals surface area contributed by atoms with Crippen LogP contribution in [0.1, 0.15) is 13.8 Å². The first-order valence-corrected chi connectivity index (χ1v) is 7.61. The standard InChI is InChI=1S/C16H15ClN4O3/c1-9(2)23-16-12(17)6-11(8-19-16)15-20-14(21-24-15)10-4-5-18-13(7-10)22-3/h4-9H,1-3H3. The molecule has 0 saturated heterocycles. The van der Waals surface area contributed by atoms with Crippen LogP contribution in [-0.2, 0) is 0 Å². The number of halogens is 1. The van der Waals surface area contributed by atoms with Crippen molar-refractivity contribution in [1.82, 2.24) is 20.1 Å². The quantitative estimate of drug-likeness (QED) is 0.697. The first-order chi connectivity index (χ1) is 11.6. The number of hydrogen-bond donors (Lipinski definition) is 0. The molecular formula is C16H15ClN4O3. The van der Waals surface area contributed by atoms with Crippen LogP contribution in [0.4, 0.5) is 0 Å². The van der Waals surface area contributed by atoms with E-state index in [9.17, 15) is 0 Å². The predicted octanol–water partition coefficient (Wildman–Crippen LogP) is 3.64. The molecule has 0 amide bonds. The molecule has 3 rings (SSSR count). The zero-order valence-electron chi connectivity index (χ0n) is 13.4. The highest BCUT2D eigenvalue weighted by Gasteiger charge is 2.14. The van der Waals surface area contributed by atoms with Gasteiger partial charge >= 0.3 is 0 Å². The SMILES string of the molecule is COc1cc(-c2noc(-c3cnc(OC(C)C)c(Cl)c3)n2)ccn1. The number of ether oxygens (including phenoxy) is 2. The lowest BCUT2D eigenvalue weighted by molar-refractivity contribution is 0.233. The summed E-state index contributed by atoms with van der Waals surface area (Å²) >= 11 is 6.18. The third kappa shape index (κ3) is 3.46. The van der Waals surface area contributed by atoms with Crippen LogP contribution in [0, 0.1) is 0 Å². The van der Waals surface area contributed by atoms with Crippen molar-refractivity contribution < 1.29 is 14.0 Å². The molecule has 0 radical (unpaired) electrons. The van der Waals surface area contributed by atoms with Gasteiger partial charge in [-0.15, -0.1) is 0 Å². The van der Waals surface area contributed by atoms with Gasteiger partial charge in [0, 0.05) is 24.0 Å². The van der Waals surface area contributed by atoms with Crippen LogP contribution in [0.25, 0.3) is 22.8 Å². The molecular weight excluding hydrogens is 332 g/mol. The summed E-state index contributed by atoms with van der Waals surface area (Å²) in [4.78, 5) is 12.6. The Kier molecular flexibility index (Phi) is 4.61. The van der Waals surface area contributed by atoms with Crippen molar-refractivity contribution in [3.05, 3.63) is 35.6 Å². The fraction of sp³-hybridized carbons (Fsp3) is 0.250. The molecule has 3 heterocycles. The first-order valence-electron chi connectivity index (χ1n) is 7.23. The van der Waals surface area contributed by atoms with Crippen LogP contribution in [0.15, 0.2) is 35.1 Å². The van der Waals surface area contributed by atoms with E-state index in [4.69, 9.17) is 25.6 Å². The highest BCUT2D eigenvalue weighted by atomic mass is 35.5. The monoisotopic (exact) mass is 346 g/mol. The van der Waals surface area contributed by atoms with Crippen LogP contribution in [0.5, 0.6) is 11.8 Å². The molecule has 0 fully saturated rings. The van der Waals surface area contributed by atoms with E-state index in [0.29, 0.717) is 34.1 Å². The van der Waals surface area contributed by atoms with E-state index >= 15 is 0 Å². The zero-order valence-corrected chi connectivity index (χ0v) is 14.1. The number of methoxy groups -OCH3 is 1. The minimum atomic E-state index is -0.0162. The second kappa shape index (κ2) is 6.84. The topological polar surface area (TPSA) is 83.2 Å². The Bertz CT molecular complexity index is 851. The molecule has 0 aliphatic carbocycles. The van der Waals surface area contributed by atoms with Crippen molar-refractivity contribution >= 4 is 11.6 Å². The molecule has 7 nitrogen and oxygen atoms in total. The Balaban J connectivity index is 1.89. The summed E-state index contributed by atoms with van der Waals surface area (Å²) in [5, 5.41) is 4.35. The summed E-state index contributed by atoms with van der Waals surface area (Å²) in [5.41, 5.74) is 1.34. The van der Waals surface area contributed by atoms with Crippen LogP contribution in [0.2, 0.25) is 5.02 Å². The Hall–Kier alpha value is -2.67. The Labute approximate surface area is 143 Å². The van der Waals surface area contributed by atoms with Crippen LogP contribution >= 0.6 is 11.6 Å². The maximum atomic E-state index is 6.18. The molecule has 0 atom stereocenters. The number of aromatic nitrogens is 4. The molecule has 0 aliphatic rings. The number of nitrogens with zero attached hydrogens (tertiary/aromatic N) is 4. The van der Waals surface area contributed by atoms with Gasteiger partial charge in [-0.3, -0.25) is 0 Å². The third-order valence-electron chi connectivity index (χ3n) is 3.03. The van der Waals surface area contributed by atoms with Crippen molar-refractivity contribution in [1.29, 1.82) is 0 Å². The van der Waals surface area contributed by atoms with Gasteiger partial charge in [-0.25, -0.2) is 9.97 Å². The minimum absolute atomic E-state index is 0.0162. The summed E-state index contributed by atoms with van der Waals surface area (Å²) in [6.07, 6.45) is 3.17. The Morgan fingerprint density at radius 3 is 2.71 bits per heavy atom. The number of rotatable bonds is 5. The number of pyridine rings is 2. The molecule has 8 heteroatoms.